The van der Waals surface area contributed by atoms with Crippen LogP contribution in [0.3, 0.4) is 0 Å². The first-order valence-corrected chi connectivity index (χ1v) is 6.00. The van der Waals surface area contributed by atoms with Crippen LogP contribution in [0.1, 0.15) is 11.1 Å². The van der Waals surface area contributed by atoms with Gasteiger partial charge < -0.3 is 10.1 Å². The van der Waals surface area contributed by atoms with Gasteiger partial charge in [-0.1, -0.05) is 24.3 Å². The Bertz CT molecular complexity index is 540. The van der Waals surface area contributed by atoms with E-state index in [4.69, 9.17) is 4.74 Å². The van der Waals surface area contributed by atoms with Crippen molar-refractivity contribution in [3.8, 4) is 5.75 Å². The van der Waals surface area contributed by atoms with Gasteiger partial charge in [-0.25, -0.2) is 8.78 Å². The molecule has 0 bridgehead atoms. The summed E-state index contributed by atoms with van der Waals surface area (Å²) in [6.45, 7) is 0.731. The molecule has 0 aromatic heterocycles. The third-order valence-electron chi connectivity index (χ3n) is 2.71. The van der Waals surface area contributed by atoms with Crippen LogP contribution in [-0.2, 0) is 13.2 Å². The monoisotopic (exact) mass is 263 g/mol. The van der Waals surface area contributed by atoms with Gasteiger partial charge in [0.1, 0.15) is 12.4 Å². The molecule has 2 aromatic rings. The fraction of sp³-hybridized carbons (Fsp3) is 0.200. The largest absolute Gasteiger partial charge is 0.485 e. The number of ether oxygens (including phenoxy) is 1. The summed E-state index contributed by atoms with van der Waals surface area (Å²) in [5.74, 6) is -0.457. The fourth-order valence-electron chi connectivity index (χ4n) is 1.78. The van der Waals surface area contributed by atoms with E-state index in [1.165, 1.54) is 18.2 Å². The average molecular weight is 263 g/mol. The summed E-state index contributed by atoms with van der Waals surface area (Å²) < 4.78 is 32.0. The zero-order valence-electron chi connectivity index (χ0n) is 10.6. The van der Waals surface area contributed by atoms with Crippen molar-refractivity contribution in [3.05, 3.63) is 65.2 Å². The molecule has 2 nitrogen and oxygen atoms in total. The molecule has 2 rings (SSSR count). The van der Waals surface area contributed by atoms with E-state index in [0.29, 0.717) is 6.54 Å². The first kappa shape index (κ1) is 13.5. The predicted molar refractivity (Wildman–Crippen MR) is 69.9 cm³/mol. The van der Waals surface area contributed by atoms with Crippen LogP contribution >= 0.6 is 0 Å². The van der Waals surface area contributed by atoms with Crippen molar-refractivity contribution < 1.29 is 13.5 Å². The van der Waals surface area contributed by atoms with Crippen molar-refractivity contribution in [1.82, 2.24) is 5.32 Å². The third kappa shape index (κ3) is 3.51. The molecule has 0 spiro atoms. The SMILES string of the molecule is CNCc1cccc(F)c1OCc1ccc(F)cc1. The van der Waals surface area contributed by atoms with Gasteiger partial charge in [-0.15, -0.1) is 0 Å². The number of benzene rings is 2. The minimum absolute atomic E-state index is 0.206. The molecule has 2 aromatic carbocycles. The lowest BCUT2D eigenvalue weighted by Gasteiger charge is -2.12. The zero-order valence-corrected chi connectivity index (χ0v) is 10.6. The molecule has 4 heteroatoms. The molecule has 0 saturated carbocycles. The maximum absolute atomic E-state index is 13.7. The summed E-state index contributed by atoms with van der Waals surface area (Å²) in [4.78, 5) is 0. The van der Waals surface area contributed by atoms with Gasteiger partial charge in [0, 0.05) is 12.1 Å². The molecule has 100 valence electrons. The number of hydrogen-bond acceptors (Lipinski definition) is 2. The quantitative estimate of drug-likeness (QED) is 0.894. The lowest BCUT2D eigenvalue weighted by Crippen LogP contribution is -2.08. The molecular weight excluding hydrogens is 248 g/mol. The van der Waals surface area contributed by atoms with Crippen LogP contribution in [0.15, 0.2) is 42.5 Å². The Morgan fingerprint density at radius 1 is 1.05 bits per heavy atom. The minimum Gasteiger partial charge on any atom is -0.485 e. The van der Waals surface area contributed by atoms with Crippen molar-refractivity contribution in [2.75, 3.05) is 7.05 Å². The molecule has 0 aliphatic carbocycles. The first-order chi connectivity index (χ1) is 9.20. The van der Waals surface area contributed by atoms with Crippen molar-refractivity contribution in [2.45, 2.75) is 13.2 Å². The highest BCUT2D eigenvalue weighted by atomic mass is 19.1. The molecular formula is C15H15F2NO. The van der Waals surface area contributed by atoms with Gasteiger partial charge in [0.25, 0.3) is 0 Å². The highest BCUT2D eigenvalue weighted by molar-refractivity contribution is 5.35. The number of hydrogen-bond donors (Lipinski definition) is 1. The standard InChI is InChI=1S/C15H15F2NO/c1-18-9-12-3-2-4-14(17)15(12)19-10-11-5-7-13(16)8-6-11/h2-8,18H,9-10H2,1H3. The van der Waals surface area contributed by atoms with Gasteiger partial charge in [0.15, 0.2) is 11.6 Å². The van der Waals surface area contributed by atoms with E-state index < -0.39 is 5.82 Å². The Labute approximate surface area is 111 Å². The maximum atomic E-state index is 13.7. The van der Waals surface area contributed by atoms with Gasteiger partial charge in [0.05, 0.1) is 0 Å². The number of halogens is 2. The Morgan fingerprint density at radius 3 is 2.47 bits per heavy atom. The molecule has 0 radical (unpaired) electrons. The molecule has 0 aliphatic rings. The summed E-state index contributed by atoms with van der Waals surface area (Å²) in [7, 11) is 1.79. The molecule has 0 aliphatic heterocycles. The smallest absolute Gasteiger partial charge is 0.165 e. The van der Waals surface area contributed by atoms with Crippen LogP contribution in [0, 0.1) is 11.6 Å². The van der Waals surface area contributed by atoms with E-state index in [1.807, 2.05) is 0 Å². The average Bonchev–Trinajstić information content (AvgIpc) is 2.40. The van der Waals surface area contributed by atoms with Gasteiger partial charge in [-0.3, -0.25) is 0 Å². The Kier molecular flexibility index (Phi) is 4.47. The van der Waals surface area contributed by atoms with Crippen molar-refractivity contribution in [1.29, 1.82) is 0 Å². The van der Waals surface area contributed by atoms with Crippen molar-refractivity contribution >= 4 is 0 Å². The van der Waals surface area contributed by atoms with Crippen LogP contribution in [0.5, 0.6) is 5.75 Å². The van der Waals surface area contributed by atoms with Crippen LogP contribution in [0.4, 0.5) is 8.78 Å². The normalized spacial score (nSPS) is 10.5. The minimum atomic E-state index is -0.394. The highest BCUT2D eigenvalue weighted by Crippen LogP contribution is 2.23. The highest BCUT2D eigenvalue weighted by Gasteiger charge is 2.09. The second kappa shape index (κ2) is 6.29. The molecule has 0 fully saturated rings. The maximum Gasteiger partial charge on any atom is 0.165 e. The van der Waals surface area contributed by atoms with E-state index in [-0.39, 0.29) is 18.2 Å². The van der Waals surface area contributed by atoms with E-state index in [2.05, 4.69) is 5.32 Å². The number of para-hydroxylation sites is 1. The second-order valence-corrected chi connectivity index (χ2v) is 4.17. The van der Waals surface area contributed by atoms with E-state index in [9.17, 15) is 8.78 Å². The van der Waals surface area contributed by atoms with Crippen LogP contribution in [0.2, 0.25) is 0 Å². The molecule has 0 heterocycles. The van der Waals surface area contributed by atoms with E-state index in [0.717, 1.165) is 11.1 Å². The Morgan fingerprint density at radius 2 is 1.79 bits per heavy atom. The van der Waals surface area contributed by atoms with E-state index >= 15 is 0 Å². The lowest BCUT2D eigenvalue weighted by molar-refractivity contribution is 0.286. The Hall–Kier alpha value is -1.94. The molecule has 0 saturated heterocycles. The molecule has 19 heavy (non-hydrogen) atoms. The van der Waals surface area contributed by atoms with Crippen LogP contribution in [-0.4, -0.2) is 7.05 Å². The summed E-state index contributed by atoms with van der Waals surface area (Å²) in [5.41, 5.74) is 1.55. The van der Waals surface area contributed by atoms with Crippen LogP contribution < -0.4 is 10.1 Å². The molecule has 0 amide bonds. The summed E-state index contributed by atoms with van der Waals surface area (Å²) in [6.07, 6.45) is 0. The third-order valence-corrected chi connectivity index (χ3v) is 2.71. The first-order valence-electron chi connectivity index (χ1n) is 6.00. The number of rotatable bonds is 5. The van der Waals surface area contributed by atoms with Gasteiger partial charge in [-0.2, -0.15) is 0 Å². The lowest BCUT2D eigenvalue weighted by atomic mass is 10.2. The van der Waals surface area contributed by atoms with Gasteiger partial charge in [-0.05, 0) is 30.8 Å². The number of nitrogens with one attached hydrogen (secondary N) is 1. The summed E-state index contributed by atoms with van der Waals surface area (Å²) in [5, 5.41) is 2.96. The second-order valence-electron chi connectivity index (χ2n) is 4.17. The molecule has 0 atom stereocenters. The van der Waals surface area contributed by atoms with Gasteiger partial charge >= 0.3 is 0 Å². The van der Waals surface area contributed by atoms with Gasteiger partial charge in [0.2, 0.25) is 0 Å². The topological polar surface area (TPSA) is 21.3 Å². The zero-order chi connectivity index (χ0) is 13.7. The van der Waals surface area contributed by atoms with Crippen LogP contribution in [0.25, 0.3) is 0 Å². The predicted octanol–water partition coefficient (Wildman–Crippen LogP) is 3.26. The van der Waals surface area contributed by atoms with Crippen molar-refractivity contribution in [3.63, 3.8) is 0 Å². The molecule has 0 unspecified atom stereocenters. The van der Waals surface area contributed by atoms with Crippen molar-refractivity contribution in [2.24, 2.45) is 0 Å². The van der Waals surface area contributed by atoms with E-state index in [1.54, 1.807) is 31.3 Å². The molecule has 1 N–H and O–H groups in total. The summed E-state index contributed by atoms with van der Waals surface area (Å²) in [6, 6.07) is 10.8. The Balaban J connectivity index is 2.12. The summed E-state index contributed by atoms with van der Waals surface area (Å²) >= 11 is 0. The fourth-order valence-corrected chi connectivity index (χ4v) is 1.78.